The molecule has 0 unspecified atom stereocenters. The Kier molecular flexibility index (Phi) is 2.93. The maximum atomic E-state index is 5.75. The van der Waals surface area contributed by atoms with E-state index >= 15 is 0 Å². The molecule has 22 heavy (non-hydrogen) atoms. The van der Waals surface area contributed by atoms with Crippen LogP contribution in [0.4, 0.5) is 11.5 Å². The molecule has 0 bridgehead atoms. The van der Waals surface area contributed by atoms with Crippen molar-refractivity contribution in [3.8, 4) is 0 Å². The molecule has 2 heterocycles. The molecule has 0 fully saturated rings. The number of nitrogens with two attached hydrogens (primary N) is 1. The molecule has 4 aromatic rings. The van der Waals surface area contributed by atoms with Crippen molar-refractivity contribution >= 4 is 33.3 Å². The Morgan fingerprint density at radius 2 is 1.86 bits per heavy atom. The summed E-state index contributed by atoms with van der Waals surface area (Å²) >= 11 is 0. The van der Waals surface area contributed by atoms with Crippen molar-refractivity contribution in [2.45, 2.75) is 6.54 Å². The molecular weight excluding hydrogens is 272 g/mol. The van der Waals surface area contributed by atoms with Gasteiger partial charge < -0.3 is 16.0 Å². The first kappa shape index (κ1) is 12.7. The van der Waals surface area contributed by atoms with Gasteiger partial charge in [0.1, 0.15) is 5.82 Å². The smallest absolute Gasteiger partial charge is 0.124 e. The molecular formula is C18H16N4. The molecule has 0 aliphatic carbocycles. The third kappa shape index (κ3) is 2.15. The van der Waals surface area contributed by atoms with Crippen LogP contribution in [0, 0.1) is 0 Å². The number of aromatic nitrogens is 2. The highest BCUT2D eigenvalue weighted by Crippen LogP contribution is 2.24. The van der Waals surface area contributed by atoms with Gasteiger partial charge in [-0.15, -0.1) is 0 Å². The zero-order valence-electron chi connectivity index (χ0n) is 12.0. The zero-order valence-corrected chi connectivity index (χ0v) is 12.0. The second-order valence-corrected chi connectivity index (χ2v) is 5.32. The molecule has 4 rings (SSSR count). The normalized spacial score (nSPS) is 11.1. The molecule has 2 aromatic carbocycles. The number of pyridine rings is 1. The van der Waals surface area contributed by atoms with E-state index in [0.717, 1.165) is 28.7 Å². The van der Waals surface area contributed by atoms with Gasteiger partial charge in [-0.3, -0.25) is 0 Å². The number of benzene rings is 2. The van der Waals surface area contributed by atoms with Gasteiger partial charge >= 0.3 is 0 Å². The van der Waals surface area contributed by atoms with Crippen molar-refractivity contribution in [1.29, 1.82) is 0 Å². The molecule has 0 aliphatic rings. The van der Waals surface area contributed by atoms with E-state index in [9.17, 15) is 0 Å². The second-order valence-electron chi connectivity index (χ2n) is 5.32. The Hall–Kier alpha value is -3.01. The summed E-state index contributed by atoms with van der Waals surface area (Å²) in [6.07, 6.45) is 1.97. The van der Waals surface area contributed by atoms with Gasteiger partial charge in [0.2, 0.25) is 0 Å². The van der Waals surface area contributed by atoms with Gasteiger partial charge in [0.25, 0.3) is 0 Å². The number of aromatic amines is 1. The number of nitrogen functional groups attached to an aromatic ring is 1. The van der Waals surface area contributed by atoms with Gasteiger partial charge in [0.15, 0.2) is 0 Å². The zero-order chi connectivity index (χ0) is 14.9. The van der Waals surface area contributed by atoms with Crippen LogP contribution in [0.15, 0.2) is 60.8 Å². The van der Waals surface area contributed by atoms with Crippen LogP contribution in [0.25, 0.3) is 21.8 Å². The Bertz CT molecular complexity index is 956. The fraction of sp³-hybridized carbons (Fsp3) is 0.0556. The van der Waals surface area contributed by atoms with E-state index in [1.165, 1.54) is 10.9 Å². The largest absolute Gasteiger partial charge is 0.384 e. The molecule has 0 saturated carbocycles. The predicted molar refractivity (Wildman–Crippen MR) is 91.8 cm³/mol. The fourth-order valence-corrected chi connectivity index (χ4v) is 2.82. The summed E-state index contributed by atoms with van der Waals surface area (Å²) in [6, 6.07) is 18.3. The lowest BCUT2D eigenvalue weighted by atomic mass is 10.1. The number of rotatable bonds is 3. The van der Waals surface area contributed by atoms with Gasteiger partial charge in [-0.05, 0) is 42.0 Å². The van der Waals surface area contributed by atoms with E-state index in [-0.39, 0.29) is 0 Å². The average molecular weight is 288 g/mol. The molecule has 2 aromatic heterocycles. The maximum absolute atomic E-state index is 5.75. The van der Waals surface area contributed by atoms with Gasteiger partial charge in [0, 0.05) is 34.7 Å². The van der Waals surface area contributed by atoms with E-state index < -0.39 is 0 Å². The molecule has 4 heteroatoms. The van der Waals surface area contributed by atoms with E-state index in [4.69, 9.17) is 5.73 Å². The van der Waals surface area contributed by atoms with Crippen LogP contribution in [0.1, 0.15) is 5.56 Å². The lowest BCUT2D eigenvalue weighted by Crippen LogP contribution is -2.01. The molecule has 4 N–H and O–H groups in total. The predicted octanol–water partition coefficient (Wildman–Crippen LogP) is 3.91. The van der Waals surface area contributed by atoms with Gasteiger partial charge in [-0.1, -0.05) is 18.2 Å². The Morgan fingerprint density at radius 1 is 0.955 bits per heavy atom. The highest BCUT2D eigenvalue weighted by Gasteiger charge is 2.04. The lowest BCUT2D eigenvalue weighted by molar-refractivity contribution is 1.17. The summed E-state index contributed by atoms with van der Waals surface area (Å²) in [4.78, 5) is 7.61. The van der Waals surface area contributed by atoms with Crippen LogP contribution in [-0.2, 0) is 6.54 Å². The van der Waals surface area contributed by atoms with Crippen LogP contribution in [0.5, 0.6) is 0 Å². The Morgan fingerprint density at radius 3 is 2.82 bits per heavy atom. The fourth-order valence-electron chi connectivity index (χ4n) is 2.82. The summed E-state index contributed by atoms with van der Waals surface area (Å²) in [6.45, 7) is 0.763. The number of fused-ring (bicyclic) bond motifs is 2. The second kappa shape index (κ2) is 5.07. The molecule has 0 amide bonds. The van der Waals surface area contributed by atoms with E-state index in [0.29, 0.717) is 5.82 Å². The quantitative estimate of drug-likeness (QED) is 0.535. The monoisotopic (exact) mass is 288 g/mol. The first-order valence-electron chi connectivity index (χ1n) is 7.25. The van der Waals surface area contributed by atoms with Crippen LogP contribution < -0.4 is 11.1 Å². The number of anilines is 2. The van der Waals surface area contributed by atoms with Crippen molar-refractivity contribution in [1.82, 2.24) is 9.97 Å². The van der Waals surface area contributed by atoms with E-state index in [1.807, 2.05) is 30.5 Å². The molecule has 4 nitrogen and oxygen atoms in total. The number of nitrogens with one attached hydrogen (secondary N) is 2. The van der Waals surface area contributed by atoms with Crippen LogP contribution >= 0.6 is 0 Å². The molecule has 0 aliphatic heterocycles. The van der Waals surface area contributed by atoms with E-state index in [2.05, 4.69) is 45.6 Å². The summed E-state index contributed by atoms with van der Waals surface area (Å²) < 4.78 is 0. The molecule has 0 spiro atoms. The highest BCUT2D eigenvalue weighted by molar-refractivity contribution is 5.92. The maximum Gasteiger partial charge on any atom is 0.124 e. The van der Waals surface area contributed by atoms with Crippen molar-refractivity contribution in [3.05, 3.63) is 66.4 Å². The van der Waals surface area contributed by atoms with Crippen LogP contribution in [0.3, 0.4) is 0 Å². The minimum absolute atomic E-state index is 0.543. The van der Waals surface area contributed by atoms with Crippen molar-refractivity contribution in [2.24, 2.45) is 0 Å². The molecule has 108 valence electrons. The summed E-state index contributed by atoms with van der Waals surface area (Å²) in [5, 5.41) is 5.84. The number of H-pyrrole nitrogens is 1. The van der Waals surface area contributed by atoms with Gasteiger partial charge in [-0.25, -0.2) is 4.98 Å². The molecule has 0 radical (unpaired) electrons. The average Bonchev–Trinajstić information content (AvgIpc) is 3.01. The summed E-state index contributed by atoms with van der Waals surface area (Å²) in [5.74, 6) is 0.543. The number of hydrogen-bond donors (Lipinski definition) is 3. The van der Waals surface area contributed by atoms with Crippen molar-refractivity contribution in [3.63, 3.8) is 0 Å². The summed E-state index contributed by atoms with van der Waals surface area (Å²) in [7, 11) is 0. The minimum atomic E-state index is 0.543. The van der Waals surface area contributed by atoms with Crippen molar-refractivity contribution in [2.75, 3.05) is 11.1 Å². The Labute approximate surface area is 128 Å². The minimum Gasteiger partial charge on any atom is -0.384 e. The van der Waals surface area contributed by atoms with Crippen LogP contribution in [0.2, 0.25) is 0 Å². The standard InChI is InChI=1S/C18H16N4/c19-18-8-7-14-16(5-2-6-17(14)22-18)21-11-12-3-1-4-15-13(12)9-10-20-15/h1-10,20-21H,11H2,(H2,19,22). The molecule has 0 atom stereocenters. The van der Waals surface area contributed by atoms with Gasteiger partial charge in [-0.2, -0.15) is 0 Å². The van der Waals surface area contributed by atoms with Crippen LogP contribution in [-0.4, -0.2) is 9.97 Å². The van der Waals surface area contributed by atoms with E-state index in [1.54, 1.807) is 0 Å². The number of nitrogens with zero attached hydrogens (tertiary/aromatic N) is 1. The Balaban J connectivity index is 1.68. The number of hydrogen-bond acceptors (Lipinski definition) is 3. The SMILES string of the molecule is Nc1ccc2c(NCc3cccc4[nH]ccc34)cccc2n1. The third-order valence-corrected chi connectivity index (χ3v) is 3.91. The first-order chi connectivity index (χ1) is 10.8. The topological polar surface area (TPSA) is 66.7 Å². The van der Waals surface area contributed by atoms with Crippen molar-refractivity contribution < 1.29 is 0 Å². The first-order valence-corrected chi connectivity index (χ1v) is 7.25. The summed E-state index contributed by atoms with van der Waals surface area (Å²) in [5.41, 5.74) is 10.2. The lowest BCUT2D eigenvalue weighted by Gasteiger charge is -2.10. The third-order valence-electron chi connectivity index (χ3n) is 3.91. The highest BCUT2D eigenvalue weighted by atomic mass is 14.9. The van der Waals surface area contributed by atoms with Gasteiger partial charge in [0.05, 0.1) is 5.52 Å². The molecule has 0 saturated heterocycles.